The first kappa shape index (κ1) is 20.5. The Labute approximate surface area is 133 Å². The molecule has 0 aromatic heterocycles. The van der Waals surface area contributed by atoms with Gasteiger partial charge in [0.05, 0.1) is 22.7 Å². The second-order valence-electron chi connectivity index (χ2n) is 5.30. The molecule has 1 aromatic rings. The van der Waals surface area contributed by atoms with Crippen LogP contribution < -0.4 is 5.73 Å². The Morgan fingerprint density at radius 2 is 1.81 bits per heavy atom. The summed E-state index contributed by atoms with van der Waals surface area (Å²) in [5, 5.41) is 9.55. The number of alkyl halides is 3. The second-order valence-corrected chi connectivity index (χ2v) is 5.71. The monoisotopic (exact) mass is 345 g/mol. The summed E-state index contributed by atoms with van der Waals surface area (Å²) in [6.45, 7) is 4.04. The van der Waals surface area contributed by atoms with Crippen LogP contribution in [0.1, 0.15) is 43.9 Å². The lowest BCUT2D eigenvalue weighted by atomic mass is 9.95. The molecule has 1 aromatic carbocycles. The van der Waals surface area contributed by atoms with E-state index in [1.54, 1.807) is 0 Å². The number of halogens is 5. The molecule has 0 heterocycles. The smallest absolute Gasteiger partial charge is 0.391 e. The number of hydrogen-bond acceptors (Lipinski definition) is 2. The zero-order valence-electron chi connectivity index (χ0n) is 11.8. The molecule has 0 aliphatic heterocycles. The van der Waals surface area contributed by atoms with Crippen molar-refractivity contribution in [3.63, 3.8) is 0 Å². The normalized spacial score (nSPS) is 14.7. The SMILES string of the molecule is CC(C)CC[C@@H](O)[C@@H](N)c1ccc(C(F)(F)F)c(Cl)c1.Cl. The number of aliphatic hydroxyl groups excluding tert-OH is 1. The van der Waals surface area contributed by atoms with Crippen LogP contribution in [-0.4, -0.2) is 11.2 Å². The molecule has 0 aliphatic carbocycles. The maximum atomic E-state index is 12.6. The van der Waals surface area contributed by atoms with Crippen molar-refractivity contribution >= 4 is 24.0 Å². The number of nitrogens with two attached hydrogens (primary N) is 1. The minimum Gasteiger partial charge on any atom is -0.391 e. The Kier molecular flexibility index (Phi) is 8.03. The molecule has 2 atom stereocenters. The number of rotatable bonds is 5. The summed E-state index contributed by atoms with van der Waals surface area (Å²) in [4.78, 5) is 0. The highest BCUT2D eigenvalue weighted by Gasteiger charge is 2.33. The van der Waals surface area contributed by atoms with Crippen molar-refractivity contribution in [2.75, 3.05) is 0 Å². The van der Waals surface area contributed by atoms with Crippen molar-refractivity contribution in [1.82, 2.24) is 0 Å². The van der Waals surface area contributed by atoms with Crippen LogP contribution in [0.2, 0.25) is 5.02 Å². The Morgan fingerprint density at radius 1 is 1.24 bits per heavy atom. The standard InChI is InChI=1S/C14H19ClF3NO.ClH/c1-8(2)3-6-12(20)13(19)9-4-5-10(11(15)7-9)14(16,17)18;/h4-5,7-8,12-13,20H,3,6,19H2,1-2H3;1H/t12-,13+;/m1./s1. The van der Waals surface area contributed by atoms with Gasteiger partial charge in [0.15, 0.2) is 0 Å². The lowest BCUT2D eigenvalue weighted by molar-refractivity contribution is -0.137. The van der Waals surface area contributed by atoms with E-state index in [0.717, 1.165) is 12.5 Å². The molecule has 0 saturated carbocycles. The van der Waals surface area contributed by atoms with Crippen molar-refractivity contribution < 1.29 is 18.3 Å². The number of hydrogen-bond donors (Lipinski definition) is 2. The van der Waals surface area contributed by atoms with E-state index in [9.17, 15) is 18.3 Å². The van der Waals surface area contributed by atoms with Gasteiger partial charge in [-0.1, -0.05) is 31.5 Å². The Morgan fingerprint density at radius 3 is 2.24 bits per heavy atom. The highest BCUT2D eigenvalue weighted by molar-refractivity contribution is 6.31. The number of aliphatic hydroxyl groups is 1. The summed E-state index contributed by atoms with van der Waals surface area (Å²) in [5.74, 6) is 0.424. The Balaban J connectivity index is 0.00000400. The van der Waals surface area contributed by atoms with E-state index in [4.69, 9.17) is 17.3 Å². The van der Waals surface area contributed by atoms with E-state index in [1.165, 1.54) is 12.1 Å². The molecule has 3 N–H and O–H groups in total. The lowest BCUT2D eigenvalue weighted by Crippen LogP contribution is -2.26. The molecule has 1 rings (SSSR count). The molecule has 0 unspecified atom stereocenters. The van der Waals surface area contributed by atoms with Gasteiger partial charge in [0.1, 0.15) is 0 Å². The summed E-state index contributed by atoms with van der Waals surface area (Å²) >= 11 is 5.63. The summed E-state index contributed by atoms with van der Waals surface area (Å²) in [5.41, 5.74) is 5.37. The maximum Gasteiger partial charge on any atom is 0.417 e. The minimum atomic E-state index is -4.49. The fraction of sp³-hybridized carbons (Fsp3) is 0.571. The summed E-state index contributed by atoms with van der Waals surface area (Å²) in [6.07, 6.45) is -4.00. The molecular weight excluding hydrogens is 326 g/mol. The van der Waals surface area contributed by atoms with Gasteiger partial charge in [0, 0.05) is 0 Å². The van der Waals surface area contributed by atoms with Gasteiger partial charge in [-0.25, -0.2) is 0 Å². The predicted octanol–water partition coefficient (Wildman–Crippen LogP) is 4.58. The minimum absolute atomic E-state index is 0. The van der Waals surface area contributed by atoms with Gasteiger partial charge in [-0.05, 0) is 36.5 Å². The molecule has 0 saturated heterocycles. The summed E-state index contributed by atoms with van der Waals surface area (Å²) in [6, 6.07) is 2.59. The second kappa shape index (κ2) is 8.22. The van der Waals surface area contributed by atoms with Crippen LogP contribution in [0.15, 0.2) is 18.2 Å². The molecule has 0 aliphatic rings. The first-order chi connectivity index (χ1) is 9.12. The fourth-order valence-electron chi connectivity index (χ4n) is 1.87. The first-order valence-corrected chi connectivity index (χ1v) is 6.81. The third kappa shape index (κ3) is 6.02. The molecule has 0 radical (unpaired) electrons. The quantitative estimate of drug-likeness (QED) is 0.820. The Bertz CT molecular complexity index is 452. The van der Waals surface area contributed by atoms with Crippen LogP contribution in [0, 0.1) is 5.92 Å². The van der Waals surface area contributed by atoms with Crippen LogP contribution in [-0.2, 0) is 6.18 Å². The molecule has 2 nitrogen and oxygen atoms in total. The van der Waals surface area contributed by atoms with Crippen LogP contribution in [0.25, 0.3) is 0 Å². The van der Waals surface area contributed by atoms with E-state index in [-0.39, 0.29) is 12.4 Å². The number of benzene rings is 1. The molecule has 0 bridgehead atoms. The molecule has 0 fully saturated rings. The first-order valence-electron chi connectivity index (χ1n) is 6.43. The fourth-order valence-corrected chi connectivity index (χ4v) is 2.17. The van der Waals surface area contributed by atoms with Crippen molar-refractivity contribution in [3.05, 3.63) is 34.3 Å². The largest absolute Gasteiger partial charge is 0.417 e. The van der Waals surface area contributed by atoms with Gasteiger partial charge >= 0.3 is 6.18 Å². The highest BCUT2D eigenvalue weighted by atomic mass is 35.5. The zero-order valence-corrected chi connectivity index (χ0v) is 13.4. The molecule has 21 heavy (non-hydrogen) atoms. The van der Waals surface area contributed by atoms with Crippen molar-refractivity contribution in [1.29, 1.82) is 0 Å². The average Bonchev–Trinajstić information content (AvgIpc) is 2.33. The van der Waals surface area contributed by atoms with Gasteiger partial charge in [-0.3, -0.25) is 0 Å². The van der Waals surface area contributed by atoms with E-state index in [0.29, 0.717) is 17.9 Å². The average molecular weight is 346 g/mol. The van der Waals surface area contributed by atoms with Crippen LogP contribution >= 0.6 is 24.0 Å². The van der Waals surface area contributed by atoms with E-state index < -0.39 is 28.9 Å². The molecular formula is C14H20Cl2F3NO. The maximum absolute atomic E-state index is 12.6. The van der Waals surface area contributed by atoms with Gasteiger partial charge in [-0.15, -0.1) is 12.4 Å². The van der Waals surface area contributed by atoms with Crippen LogP contribution in [0.4, 0.5) is 13.2 Å². The molecule has 7 heteroatoms. The Hall–Kier alpha value is -0.490. The lowest BCUT2D eigenvalue weighted by Gasteiger charge is -2.21. The summed E-state index contributed by atoms with van der Waals surface area (Å²) < 4.78 is 37.8. The van der Waals surface area contributed by atoms with E-state index in [1.807, 2.05) is 13.8 Å². The van der Waals surface area contributed by atoms with Gasteiger partial charge < -0.3 is 10.8 Å². The highest BCUT2D eigenvalue weighted by Crippen LogP contribution is 2.36. The summed E-state index contributed by atoms with van der Waals surface area (Å²) in [7, 11) is 0. The van der Waals surface area contributed by atoms with Crippen LogP contribution in [0.5, 0.6) is 0 Å². The predicted molar refractivity (Wildman–Crippen MR) is 80.7 cm³/mol. The van der Waals surface area contributed by atoms with E-state index in [2.05, 4.69) is 0 Å². The zero-order chi connectivity index (χ0) is 15.5. The molecule has 122 valence electrons. The molecule has 0 spiro atoms. The van der Waals surface area contributed by atoms with E-state index >= 15 is 0 Å². The topological polar surface area (TPSA) is 46.2 Å². The third-order valence-electron chi connectivity index (χ3n) is 3.14. The van der Waals surface area contributed by atoms with Gasteiger partial charge in [0.2, 0.25) is 0 Å². The van der Waals surface area contributed by atoms with Crippen molar-refractivity contribution in [3.8, 4) is 0 Å². The third-order valence-corrected chi connectivity index (χ3v) is 3.45. The van der Waals surface area contributed by atoms with Crippen LogP contribution in [0.3, 0.4) is 0 Å². The van der Waals surface area contributed by atoms with Gasteiger partial charge in [0.25, 0.3) is 0 Å². The molecule has 0 amide bonds. The van der Waals surface area contributed by atoms with Crippen molar-refractivity contribution in [2.24, 2.45) is 11.7 Å². The van der Waals surface area contributed by atoms with Gasteiger partial charge in [-0.2, -0.15) is 13.2 Å². The van der Waals surface area contributed by atoms with Crippen molar-refractivity contribution in [2.45, 2.75) is 45.0 Å².